The quantitative estimate of drug-likeness (QED) is 0.165. The highest BCUT2D eigenvalue weighted by molar-refractivity contribution is 5.78. The molecule has 4 aliphatic rings. The largest absolute Gasteiger partial charge is 0.481 e. The average molecular weight is 579 g/mol. The topological polar surface area (TPSA) is 112 Å². The number of hydrogen-bond acceptors (Lipinski definition) is 7. The first-order chi connectivity index (χ1) is 19.9. The fourth-order valence-corrected chi connectivity index (χ4v) is 7.39. The fourth-order valence-electron chi connectivity index (χ4n) is 7.39. The minimum Gasteiger partial charge on any atom is -0.481 e. The highest BCUT2D eigenvalue weighted by Gasteiger charge is 2.44. The van der Waals surface area contributed by atoms with E-state index in [1.807, 2.05) is 0 Å². The molecule has 0 aromatic rings. The monoisotopic (exact) mass is 578 g/mol. The molecule has 4 unspecified atom stereocenters. The average Bonchev–Trinajstić information content (AvgIpc) is 3.54. The van der Waals surface area contributed by atoms with Crippen molar-refractivity contribution in [3.63, 3.8) is 0 Å². The second-order valence-corrected chi connectivity index (χ2v) is 12.9. The van der Waals surface area contributed by atoms with Crippen LogP contribution in [0.3, 0.4) is 0 Å². The first kappa shape index (κ1) is 32.6. The number of Topliss-reactive ketones (excluding diaryl/α,β-unsaturated/α-hetero) is 1. The summed E-state index contributed by atoms with van der Waals surface area (Å²) in [7, 11) is 0. The van der Waals surface area contributed by atoms with Crippen LogP contribution in [0.5, 0.6) is 0 Å². The lowest BCUT2D eigenvalue weighted by atomic mass is 9.86. The molecular weight excluding hydrogens is 524 g/mol. The van der Waals surface area contributed by atoms with E-state index in [1.165, 1.54) is 19.3 Å². The van der Waals surface area contributed by atoms with Crippen LogP contribution in [0.1, 0.15) is 116 Å². The maximum Gasteiger partial charge on any atom is 0.303 e. The number of carboxylic acids is 1. The zero-order chi connectivity index (χ0) is 29.0. The van der Waals surface area contributed by atoms with Gasteiger partial charge in [0.1, 0.15) is 5.78 Å². The molecule has 0 spiro atoms. The van der Waals surface area contributed by atoms with Gasteiger partial charge in [-0.25, -0.2) is 0 Å². The summed E-state index contributed by atoms with van der Waals surface area (Å²) in [4.78, 5) is 23.8. The number of unbranched alkanes of at least 4 members (excludes halogenated alkanes) is 1. The van der Waals surface area contributed by atoms with Crippen molar-refractivity contribution >= 4 is 11.8 Å². The number of carbonyl (C=O) groups excluding carboxylic acids is 1. The van der Waals surface area contributed by atoms with Crippen LogP contribution in [0.25, 0.3) is 0 Å². The summed E-state index contributed by atoms with van der Waals surface area (Å²) < 4.78 is 24.9. The van der Waals surface area contributed by atoms with Crippen LogP contribution < -0.4 is 0 Å². The summed E-state index contributed by atoms with van der Waals surface area (Å²) in [5, 5.41) is 20.0. The molecule has 4 rings (SSSR count). The van der Waals surface area contributed by atoms with Gasteiger partial charge in [-0.15, -0.1) is 0 Å². The predicted molar refractivity (Wildman–Crippen MR) is 155 cm³/mol. The van der Waals surface area contributed by atoms with Gasteiger partial charge in [0, 0.05) is 50.7 Å². The predicted octanol–water partition coefficient (Wildman–Crippen LogP) is 6.18. The maximum atomic E-state index is 12.9. The third kappa shape index (κ3) is 10.4. The number of carboxylic acid groups (broad SMARTS) is 1. The first-order valence-corrected chi connectivity index (χ1v) is 16.6. The molecule has 4 fully saturated rings. The second-order valence-electron chi connectivity index (χ2n) is 12.9. The lowest BCUT2D eigenvalue weighted by molar-refractivity contribution is -0.193. The van der Waals surface area contributed by atoms with E-state index >= 15 is 0 Å². The Kier molecular flexibility index (Phi) is 13.6. The van der Waals surface area contributed by atoms with Crippen LogP contribution in [-0.4, -0.2) is 66.1 Å². The molecule has 8 nitrogen and oxygen atoms in total. The number of carbonyl (C=O) groups is 2. The SMILES string of the molecule is CCCC1CCC([C@@H](/C=C/[C@@H]2[C@@H](CC(=O)CCCCC(=O)O)[C@@H](O)C[C@H]2OC2CCCCO2)OC2CCCCO2)C1. The van der Waals surface area contributed by atoms with E-state index in [1.54, 1.807) is 0 Å². The molecule has 8 heteroatoms. The maximum absolute atomic E-state index is 12.9. The van der Waals surface area contributed by atoms with E-state index in [-0.39, 0.29) is 55.2 Å². The van der Waals surface area contributed by atoms with E-state index in [2.05, 4.69) is 19.1 Å². The molecule has 9 atom stereocenters. The summed E-state index contributed by atoms with van der Waals surface area (Å²) in [5.41, 5.74) is 0. The van der Waals surface area contributed by atoms with E-state index in [0.29, 0.717) is 38.2 Å². The first-order valence-electron chi connectivity index (χ1n) is 16.6. The Hall–Kier alpha value is -1.32. The number of hydrogen-bond donors (Lipinski definition) is 2. The van der Waals surface area contributed by atoms with Gasteiger partial charge in [0.15, 0.2) is 12.6 Å². The molecule has 0 aromatic heterocycles. The van der Waals surface area contributed by atoms with Crippen molar-refractivity contribution in [2.75, 3.05) is 13.2 Å². The van der Waals surface area contributed by atoms with Gasteiger partial charge in [0.05, 0.1) is 18.3 Å². The Bertz CT molecular complexity index is 818. The molecule has 41 heavy (non-hydrogen) atoms. The van der Waals surface area contributed by atoms with Crippen LogP contribution in [0.4, 0.5) is 0 Å². The van der Waals surface area contributed by atoms with Gasteiger partial charge in [0.2, 0.25) is 0 Å². The number of rotatable bonds is 16. The Labute approximate surface area is 246 Å². The Morgan fingerprint density at radius 1 is 0.951 bits per heavy atom. The smallest absolute Gasteiger partial charge is 0.303 e. The van der Waals surface area contributed by atoms with Crippen molar-refractivity contribution in [2.24, 2.45) is 23.7 Å². The van der Waals surface area contributed by atoms with Crippen molar-refractivity contribution in [1.29, 1.82) is 0 Å². The Balaban J connectivity index is 1.47. The molecule has 2 saturated heterocycles. The van der Waals surface area contributed by atoms with Crippen molar-refractivity contribution in [2.45, 2.75) is 147 Å². The summed E-state index contributed by atoms with van der Waals surface area (Å²) >= 11 is 0. The van der Waals surface area contributed by atoms with Crippen molar-refractivity contribution < 1.29 is 38.7 Å². The molecule has 0 radical (unpaired) electrons. The van der Waals surface area contributed by atoms with Crippen molar-refractivity contribution in [1.82, 2.24) is 0 Å². The number of aliphatic hydroxyl groups is 1. The van der Waals surface area contributed by atoms with Crippen molar-refractivity contribution in [3.8, 4) is 0 Å². The second kappa shape index (κ2) is 17.1. The molecule has 2 saturated carbocycles. The zero-order valence-electron chi connectivity index (χ0n) is 25.1. The van der Waals surface area contributed by atoms with Crippen LogP contribution in [0.15, 0.2) is 12.2 Å². The van der Waals surface area contributed by atoms with Crippen molar-refractivity contribution in [3.05, 3.63) is 12.2 Å². The number of aliphatic hydroxyl groups excluding tert-OH is 1. The molecule has 0 amide bonds. The number of aliphatic carboxylic acids is 1. The molecule has 2 heterocycles. The minimum atomic E-state index is -0.836. The fraction of sp³-hybridized carbons (Fsp3) is 0.879. The van der Waals surface area contributed by atoms with Crippen LogP contribution in [0.2, 0.25) is 0 Å². The molecule has 2 N–H and O–H groups in total. The molecule has 0 aromatic carbocycles. The van der Waals surface area contributed by atoms with E-state index in [9.17, 15) is 14.7 Å². The number of ketones is 1. The van der Waals surface area contributed by atoms with Gasteiger partial charge in [0.25, 0.3) is 0 Å². The van der Waals surface area contributed by atoms with Gasteiger partial charge in [-0.3, -0.25) is 9.59 Å². The summed E-state index contributed by atoms with van der Waals surface area (Å²) in [5.74, 6) is 0.0668. The normalized spacial score (nSPS) is 35.2. The van der Waals surface area contributed by atoms with Gasteiger partial charge in [-0.05, 0) is 76.0 Å². The van der Waals surface area contributed by atoms with E-state index in [4.69, 9.17) is 24.1 Å². The molecule has 2 aliphatic heterocycles. The van der Waals surface area contributed by atoms with Gasteiger partial charge in [-0.1, -0.05) is 38.3 Å². The third-order valence-corrected chi connectivity index (χ3v) is 9.63. The van der Waals surface area contributed by atoms with Crippen LogP contribution in [0, 0.1) is 23.7 Å². The summed E-state index contributed by atoms with van der Waals surface area (Å²) in [6.45, 7) is 3.69. The van der Waals surface area contributed by atoms with E-state index < -0.39 is 12.1 Å². The lowest BCUT2D eigenvalue weighted by Crippen LogP contribution is -2.33. The Morgan fingerprint density at radius 3 is 2.37 bits per heavy atom. The van der Waals surface area contributed by atoms with Crippen LogP contribution in [-0.2, 0) is 28.5 Å². The van der Waals surface area contributed by atoms with Crippen LogP contribution >= 0.6 is 0 Å². The summed E-state index contributed by atoms with van der Waals surface area (Å²) in [6.07, 6.45) is 17.3. The Morgan fingerprint density at radius 2 is 1.68 bits per heavy atom. The molecule has 2 aliphatic carbocycles. The molecule has 0 bridgehead atoms. The van der Waals surface area contributed by atoms with Gasteiger partial charge in [-0.2, -0.15) is 0 Å². The summed E-state index contributed by atoms with van der Waals surface area (Å²) in [6, 6.07) is 0. The standard InChI is InChI=1S/C33H54O8/c1-2-9-23-14-15-24(20-23)29(40-32-12-5-7-18-38-32)17-16-26-27(21-25(34)10-3-4-11-31(36)37)28(35)22-30(26)41-33-13-6-8-19-39-33/h16-17,23-24,26-30,32-33,35H,2-15,18-22H2,1H3,(H,36,37)/b17-16+/t23?,24?,26-,27-,28+,29-,30-,32?,33?/m1/s1. The van der Waals surface area contributed by atoms with Gasteiger partial charge >= 0.3 is 5.97 Å². The third-order valence-electron chi connectivity index (χ3n) is 9.63. The molecular formula is C33H54O8. The number of ether oxygens (including phenoxy) is 4. The molecule has 234 valence electrons. The van der Waals surface area contributed by atoms with E-state index in [0.717, 1.165) is 63.9 Å². The highest BCUT2D eigenvalue weighted by atomic mass is 16.7. The minimum absolute atomic E-state index is 0.0587. The zero-order valence-corrected chi connectivity index (χ0v) is 25.1. The van der Waals surface area contributed by atoms with Gasteiger partial charge < -0.3 is 29.2 Å². The highest BCUT2D eigenvalue weighted by Crippen LogP contribution is 2.42. The lowest BCUT2D eigenvalue weighted by Gasteiger charge is -2.31.